The van der Waals surface area contributed by atoms with Crippen molar-refractivity contribution in [3.8, 4) is 0 Å². The van der Waals surface area contributed by atoms with Gasteiger partial charge in [0, 0.05) is 6.54 Å². The summed E-state index contributed by atoms with van der Waals surface area (Å²) >= 11 is 1.12. The number of carboxylic acids is 1. The van der Waals surface area contributed by atoms with Crippen LogP contribution in [0.3, 0.4) is 0 Å². The van der Waals surface area contributed by atoms with Crippen LogP contribution in [-0.2, 0) is 17.8 Å². The van der Waals surface area contributed by atoms with E-state index in [1.54, 1.807) is 4.57 Å². The minimum atomic E-state index is -0.887. The molecule has 0 unspecified atom stereocenters. The van der Waals surface area contributed by atoms with E-state index in [2.05, 4.69) is 22.3 Å². The van der Waals surface area contributed by atoms with E-state index in [1.165, 1.54) is 11.1 Å². The Kier molecular flexibility index (Phi) is 4.62. The number of rotatable bonds is 6. The number of thioether (sulfide) groups is 1. The molecule has 0 atom stereocenters. The zero-order valence-electron chi connectivity index (χ0n) is 11.1. The number of aryl methyl sites for hydroxylation is 2. The molecule has 0 spiro atoms. The summed E-state index contributed by atoms with van der Waals surface area (Å²) in [5.41, 5.74) is 8.18. The Bertz CT molecular complexity index is 612. The summed E-state index contributed by atoms with van der Waals surface area (Å²) in [6, 6.07) is 8.23. The molecule has 0 aliphatic carbocycles. The van der Waals surface area contributed by atoms with Crippen LogP contribution in [0.5, 0.6) is 0 Å². The molecule has 0 saturated heterocycles. The van der Waals surface area contributed by atoms with Gasteiger partial charge in [-0.25, -0.2) is 0 Å². The van der Waals surface area contributed by atoms with Gasteiger partial charge in [0.2, 0.25) is 5.95 Å². The molecule has 0 amide bonds. The first-order valence-corrected chi connectivity index (χ1v) is 7.13. The number of carboxylic acid groups (broad SMARTS) is 1. The van der Waals surface area contributed by atoms with Crippen molar-refractivity contribution >= 4 is 23.7 Å². The van der Waals surface area contributed by atoms with E-state index in [1.807, 2.05) is 19.1 Å². The Morgan fingerprint density at radius 1 is 1.45 bits per heavy atom. The highest BCUT2D eigenvalue weighted by Gasteiger charge is 2.11. The van der Waals surface area contributed by atoms with Crippen LogP contribution >= 0.6 is 11.8 Å². The molecule has 1 aromatic heterocycles. The quantitative estimate of drug-likeness (QED) is 0.785. The third-order valence-corrected chi connectivity index (χ3v) is 3.73. The fraction of sp³-hybridized carbons (Fsp3) is 0.308. The van der Waals surface area contributed by atoms with Gasteiger partial charge in [-0.05, 0) is 18.9 Å². The number of benzene rings is 1. The fourth-order valence-electron chi connectivity index (χ4n) is 1.85. The molecule has 2 aromatic rings. The van der Waals surface area contributed by atoms with Crippen LogP contribution in [0.1, 0.15) is 11.1 Å². The second kappa shape index (κ2) is 6.42. The summed E-state index contributed by atoms with van der Waals surface area (Å²) in [5, 5.41) is 16.9. The van der Waals surface area contributed by atoms with E-state index in [0.717, 1.165) is 18.2 Å². The van der Waals surface area contributed by atoms with Crippen molar-refractivity contribution < 1.29 is 9.90 Å². The van der Waals surface area contributed by atoms with Gasteiger partial charge in [0.1, 0.15) is 0 Å². The van der Waals surface area contributed by atoms with Crippen molar-refractivity contribution in [1.29, 1.82) is 0 Å². The SMILES string of the molecule is Cc1cccc(CCn2c(N)nnc2SCC(=O)O)c1. The van der Waals surface area contributed by atoms with E-state index < -0.39 is 5.97 Å². The van der Waals surface area contributed by atoms with E-state index in [4.69, 9.17) is 10.8 Å². The normalized spacial score (nSPS) is 10.7. The highest BCUT2D eigenvalue weighted by molar-refractivity contribution is 7.99. The monoisotopic (exact) mass is 292 g/mol. The molecular formula is C13H16N4O2S. The Balaban J connectivity index is 2.05. The van der Waals surface area contributed by atoms with Gasteiger partial charge in [-0.15, -0.1) is 10.2 Å². The van der Waals surface area contributed by atoms with Gasteiger partial charge in [-0.3, -0.25) is 9.36 Å². The van der Waals surface area contributed by atoms with Gasteiger partial charge in [0.25, 0.3) is 0 Å². The molecular weight excluding hydrogens is 276 g/mol. The number of nitrogens with zero attached hydrogens (tertiary/aromatic N) is 3. The fourth-order valence-corrected chi connectivity index (χ4v) is 2.54. The van der Waals surface area contributed by atoms with Crippen LogP contribution in [0.25, 0.3) is 0 Å². The van der Waals surface area contributed by atoms with Crippen LogP contribution in [0.4, 0.5) is 5.95 Å². The lowest BCUT2D eigenvalue weighted by Crippen LogP contribution is -2.08. The molecule has 20 heavy (non-hydrogen) atoms. The number of nitrogen functional groups attached to an aromatic ring is 1. The van der Waals surface area contributed by atoms with Crippen molar-refractivity contribution in [3.05, 3.63) is 35.4 Å². The maximum absolute atomic E-state index is 10.6. The Morgan fingerprint density at radius 2 is 2.25 bits per heavy atom. The smallest absolute Gasteiger partial charge is 0.313 e. The minimum absolute atomic E-state index is 0.0530. The van der Waals surface area contributed by atoms with E-state index in [9.17, 15) is 4.79 Å². The van der Waals surface area contributed by atoms with Crippen molar-refractivity contribution in [1.82, 2.24) is 14.8 Å². The molecule has 0 bridgehead atoms. The van der Waals surface area contributed by atoms with Crippen LogP contribution in [0.15, 0.2) is 29.4 Å². The number of hydrogen-bond donors (Lipinski definition) is 2. The molecule has 0 aliphatic rings. The molecule has 3 N–H and O–H groups in total. The van der Waals surface area contributed by atoms with Crippen LogP contribution in [-0.4, -0.2) is 31.6 Å². The second-order valence-electron chi connectivity index (χ2n) is 4.41. The molecule has 106 valence electrons. The lowest BCUT2D eigenvalue weighted by atomic mass is 10.1. The standard InChI is InChI=1S/C13H16N4O2S/c1-9-3-2-4-10(7-9)5-6-17-12(14)15-16-13(17)20-8-11(18)19/h2-4,7H,5-6,8H2,1H3,(H2,14,15)(H,18,19). The third kappa shape index (κ3) is 3.74. The maximum Gasteiger partial charge on any atom is 0.313 e. The molecule has 0 radical (unpaired) electrons. The summed E-state index contributed by atoms with van der Waals surface area (Å²) in [6.07, 6.45) is 0.796. The molecule has 2 rings (SSSR count). The number of anilines is 1. The molecule has 0 aliphatic heterocycles. The molecule has 6 nitrogen and oxygen atoms in total. The summed E-state index contributed by atoms with van der Waals surface area (Å²) < 4.78 is 1.75. The summed E-state index contributed by atoms with van der Waals surface area (Å²) in [5.74, 6) is -0.630. The maximum atomic E-state index is 10.6. The van der Waals surface area contributed by atoms with Gasteiger partial charge in [0.05, 0.1) is 5.75 Å². The lowest BCUT2D eigenvalue weighted by molar-refractivity contribution is -0.133. The predicted octanol–water partition coefficient (Wildman–Crippen LogP) is 1.59. The number of hydrogen-bond acceptors (Lipinski definition) is 5. The van der Waals surface area contributed by atoms with Crippen LogP contribution in [0.2, 0.25) is 0 Å². The molecule has 7 heteroatoms. The average Bonchev–Trinajstić information content (AvgIpc) is 2.75. The van der Waals surface area contributed by atoms with Crippen LogP contribution in [0, 0.1) is 6.92 Å². The van der Waals surface area contributed by atoms with E-state index >= 15 is 0 Å². The zero-order chi connectivity index (χ0) is 14.5. The average molecular weight is 292 g/mol. The zero-order valence-corrected chi connectivity index (χ0v) is 11.9. The van der Waals surface area contributed by atoms with E-state index in [0.29, 0.717) is 17.6 Å². The topological polar surface area (TPSA) is 94.0 Å². The highest BCUT2D eigenvalue weighted by atomic mass is 32.2. The Hall–Kier alpha value is -2.02. The molecule has 0 saturated carbocycles. The van der Waals surface area contributed by atoms with Gasteiger partial charge >= 0.3 is 5.97 Å². The van der Waals surface area contributed by atoms with Crippen molar-refractivity contribution in [2.24, 2.45) is 0 Å². The summed E-state index contributed by atoms with van der Waals surface area (Å²) in [6.45, 7) is 2.68. The minimum Gasteiger partial charge on any atom is -0.481 e. The van der Waals surface area contributed by atoms with Gasteiger partial charge in [0.15, 0.2) is 5.16 Å². The summed E-state index contributed by atoms with van der Waals surface area (Å²) in [7, 11) is 0. The Labute approximate surface area is 121 Å². The van der Waals surface area contributed by atoms with Crippen molar-refractivity contribution in [3.63, 3.8) is 0 Å². The lowest BCUT2D eigenvalue weighted by Gasteiger charge is -2.08. The van der Waals surface area contributed by atoms with Gasteiger partial charge in [-0.1, -0.05) is 41.6 Å². The first kappa shape index (κ1) is 14.4. The second-order valence-corrected chi connectivity index (χ2v) is 5.36. The van der Waals surface area contributed by atoms with Crippen molar-refractivity contribution in [2.45, 2.75) is 25.0 Å². The molecule has 1 heterocycles. The highest BCUT2D eigenvalue weighted by Crippen LogP contribution is 2.18. The predicted molar refractivity (Wildman–Crippen MR) is 77.7 cm³/mol. The molecule has 1 aromatic carbocycles. The van der Waals surface area contributed by atoms with Gasteiger partial charge < -0.3 is 10.8 Å². The first-order chi connectivity index (χ1) is 9.56. The molecule has 0 fully saturated rings. The number of nitrogens with two attached hydrogens (primary N) is 1. The largest absolute Gasteiger partial charge is 0.481 e. The number of carbonyl (C=O) groups is 1. The van der Waals surface area contributed by atoms with Crippen molar-refractivity contribution in [2.75, 3.05) is 11.5 Å². The Morgan fingerprint density at radius 3 is 2.95 bits per heavy atom. The van der Waals surface area contributed by atoms with Gasteiger partial charge in [-0.2, -0.15) is 0 Å². The number of aromatic nitrogens is 3. The number of aliphatic carboxylic acids is 1. The van der Waals surface area contributed by atoms with E-state index in [-0.39, 0.29) is 5.75 Å². The first-order valence-electron chi connectivity index (χ1n) is 6.15. The third-order valence-electron chi connectivity index (χ3n) is 2.78. The summed E-state index contributed by atoms with van der Waals surface area (Å²) in [4.78, 5) is 10.6. The van der Waals surface area contributed by atoms with Crippen LogP contribution < -0.4 is 5.73 Å².